The summed E-state index contributed by atoms with van der Waals surface area (Å²) in [6.45, 7) is 0. The summed E-state index contributed by atoms with van der Waals surface area (Å²) in [5.41, 5.74) is 5.66. The molecule has 0 aliphatic carbocycles. The average Bonchev–Trinajstić information content (AvgIpc) is 2.39. The fourth-order valence-corrected chi connectivity index (χ4v) is 2.00. The third-order valence-electron chi connectivity index (χ3n) is 2.54. The molecule has 104 valence electrons. The average molecular weight is 315 g/mol. The minimum absolute atomic E-state index is 0.00344. The molecule has 0 saturated heterocycles. The summed E-state index contributed by atoms with van der Waals surface area (Å²) in [6.07, 6.45) is 0. The molecule has 2 rings (SSSR count). The zero-order valence-electron chi connectivity index (χ0n) is 9.95. The van der Waals surface area contributed by atoms with Crippen LogP contribution in [0.15, 0.2) is 30.3 Å². The van der Waals surface area contributed by atoms with E-state index in [9.17, 15) is 14.3 Å². The largest absolute Gasteiger partial charge is 0.505 e. The number of phenolic OH excluding ortho intramolecular Hbond substituents is 1. The van der Waals surface area contributed by atoms with Crippen LogP contribution in [0.2, 0.25) is 10.0 Å². The van der Waals surface area contributed by atoms with Crippen LogP contribution < -0.4 is 11.1 Å². The lowest BCUT2D eigenvalue weighted by molar-refractivity contribution is 0.102. The first kappa shape index (κ1) is 14.4. The molecule has 0 heterocycles. The number of rotatable bonds is 2. The number of carbonyl (C=O) groups excluding carboxylic acids is 1. The van der Waals surface area contributed by atoms with Gasteiger partial charge < -0.3 is 16.2 Å². The van der Waals surface area contributed by atoms with Crippen LogP contribution in [0.3, 0.4) is 0 Å². The summed E-state index contributed by atoms with van der Waals surface area (Å²) >= 11 is 11.5. The molecule has 4 N–H and O–H groups in total. The van der Waals surface area contributed by atoms with Gasteiger partial charge in [0, 0.05) is 11.3 Å². The van der Waals surface area contributed by atoms with Crippen LogP contribution in [0.1, 0.15) is 10.4 Å². The van der Waals surface area contributed by atoms with Gasteiger partial charge in [0.1, 0.15) is 5.82 Å². The lowest BCUT2D eigenvalue weighted by Gasteiger charge is -2.08. The van der Waals surface area contributed by atoms with Gasteiger partial charge in [0.05, 0.1) is 15.7 Å². The summed E-state index contributed by atoms with van der Waals surface area (Å²) in [5.74, 6) is -1.51. The van der Waals surface area contributed by atoms with Crippen molar-refractivity contribution in [2.45, 2.75) is 0 Å². The maximum absolute atomic E-state index is 13.3. The predicted molar refractivity (Wildman–Crippen MR) is 76.9 cm³/mol. The van der Waals surface area contributed by atoms with Crippen molar-refractivity contribution in [3.63, 3.8) is 0 Å². The third-order valence-corrected chi connectivity index (χ3v) is 3.11. The molecule has 0 saturated carbocycles. The summed E-state index contributed by atoms with van der Waals surface area (Å²) in [5, 5.41) is 11.9. The second-order valence-corrected chi connectivity index (χ2v) is 4.79. The number of amides is 1. The van der Waals surface area contributed by atoms with Gasteiger partial charge in [0.15, 0.2) is 5.75 Å². The lowest BCUT2D eigenvalue weighted by Crippen LogP contribution is -2.12. The van der Waals surface area contributed by atoms with Crippen LogP contribution in [0.25, 0.3) is 0 Å². The molecular formula is C13H9Cl2FN2O2. The molecule has 7 heteroatoms. The molecule has 0 aromatic heterocycles. The quantitative estimate of drug-likeness (QED) is 0.584. The van der Waals surface area contributed by atoms with Gasteiger partial charge in [-0.3, -0.25) is 4.79 Å². The molecule has 0 unspecified atom stereocenters. The van der Waals surface area contributed by atoms with E-state index in [0.717, 1.165) is 6.07 Å². The monoisotopic (exact) mass is 314 g/mol. The molecule has 20 heavy (non-hydrogen) atoms. The van der Waals surface area contributed by atoms with E-state index in [2.05, 4.69) is 5.32 Å². The Labute approximate surface area is 123 Å². The molecule has 0 fully saturated rings. The maximum Gasteiger partial charge on any atom is 0.255 e. The molecule has 0 spiro atoms. The van der Waals surface area contributed by atoms with Crippen molar-refractivity contribution in [1.29, 1.82) is 0 Å². The van der Waals surface area contributed by atoms with Gasteiger partial charge in [-0.15, -0.1) is 0 Å². The highest BCUT2D eigenvalue weighted by molar-refractivity contribution is 6.37. The standard InChI is InChI=1S/C13H9Cl2FN2O2/c14-8-4-7(5-9(15)12(8)19)18-13(20)6-1-2-11(17)10(16)3-6/h1-5,19H,17H2,(H,18,20). The predicted octanol–water partition coefficient (Wildman–Crippen LogP) is 3.67. The van der Waals surface area contributed by atoms with Crippen molar-refractivity contribution < 1.29 is 14.3 Å². The zero-order valence-corrected chi connectivity index (χ0v) is 11.5. The first-order valence-corrected chi connectivity index (χ1v) is 6.18. The number of halogens is 3. The summed E-state index contributed by atoms with van der Waals surface area (Å²) in [4.78, 5) is 11.9. The van der Waals surface area contributed by atoms with Crippen LogP contribution in [-0.2, 0) is 0 Å². The fourth-order valence-electron chi connectivity index (χ4n) is 1.51. The normalized spacial score (nSPS) is 10.3. The van der Waals surface area contributed by atoms with E-state index in [0.29, 0.717) is 0 Å². The molecule has 0 aliphatic heterocycles. The van der Waals surface area contributed by atoms with Crippen LogP contribution in [0, 0.1) is 5.82 Å². The van der Waals surface area contributed by atoms with Gasteiger partial charge in [-0.2, -0.15) is 0 Å². The van der Waals surface area contributed by atoms with Gasteiger partial charge in [0.25, 0.3) is 5.91 Å². The third kappa shape index (κ3) is 2.95. The Morgan fingerprint density at radius 2 is 1.80 bits per heavy atom. The van der Waals surface area contributed by atoms with E-state index in [4.69, 9.17) is 28.9 Å². The summed E-state index contributed by atoms with van der Waals surface area (Å²) in [7, 11) is 0. The van der Waals surface area contributed by atoms with E-state index < -0.39 is 11.7 Å². The smallest absolute Gasteiger partial charge is 0.255 e. The second kappa shape index (κ2) is 5.56. The van der Waals surface area contributed by atoms with Crippen molar-refractivity contribution in [2.24, 2.45) is 0 Å². The number of nitrogens with two attached hydrogens (primary N) is 1. The highest BCUT2D eigenvalue weighted by atomic mass is 35.5. The molecule has 0 radical (unpaired) electrons. The Morgan fingerprint density at radius 3 is 2.35 bits per heavy atom. The van der Waals surface area contributed by atoms with Gasteiger partial charge in [0.2, 0.25) is 0 Å². The Bertz CT molecular complexity index is 669. The Hall–Kier alpha value is -1.98. The molecular weight excluding hydrogens is 306 g/mol. The van der Waals surface area contributed by atoms with Gasteiger partial charge in [-0.05, 0) is 30.3 Å². The molecule has 0 atom stereocenters. The van der Waals surface area contributed by atoms with Crippen LogP contribution in [-0.4, -0.2) is 11.0 Å². The van der Waals surface area contributed by atoms with Crippen molar-refractivity contribution in [3.05, 3.63) is 51.8 Å². The number of carbonyl (C=O) groups is 1. The zero-order chi connectivity index (χ0) is 14.9. The highest BCUT2D eigenvalue weighted by Crippen LogP contribution is 2.34. The lowest BCUT2D eigenvalue weighted by atomic mass is 10.2. The van der Waals surface area contributed by atoms with E-state index in [1.54, 1.807) is 0 Å². The van der Waals surface area contributed by atoms with Crippen molar-refractivity contribution in [2.75, 3.05) is 11.1 Å². The number of nitrogens with one attached hydrogen (secondary N) is 1. The second-order valence-electron chi connectivity index (χ2n) is 3.98. The number of aromatic hydroxyl groups is 1. The Morgan fingerprint density at radius 1 is 1.20 bits per heavy atom. The highest BCUT2D eigenvalue weighted by Gasteiger charge is 2.12. The van der Waals surface area contributed by atoms with Crippen molar-refractivity contribution in [1.82, 2.24) is 0 Å². The first-order chi connectivity index (χ1) is 9.38. The molecule has 4 nitrogen and oxygen atoms in total. The van der Waals surface area contributed by atoms with Crippen LogP contribution >= 0.6 is 23.2 Å². The minimum Gasteiger partial charge on any atom is -0.505 e. The van der Waals surface area contributed by atoms with Gasteiger partial charge in [-0.25, -0.2) is 4.39 Å². The Balaban J connectivity index is 2.25. The number of hydrogen-bond acceptors (Lipinski definition) is 3. The number of nitrogen functional groups attached to an aromatic ring is 1. The number of benzene rings is 2. The first-order valence-electron chi connectivity index (χ1n) is 5.43. The summed E-state index contributed by atoms with van der Waals surface area (Å²) in [6, 6.07) is 6.36. The topological polar surface area (TPSA) is 75.4 Å². The van der Waals surface area contributed by atoms with E-state index >= 15 is 0 Å². The van der Waals surface area contributed by atoms with E-state index in [-0.39, 0.29) is 32.7 Å². The minimum atomic E-state index is -0.681. The van der Waals surface area contributed by atoms with Crippen molar-refractivity contribution >= 4 is 40.5 Å². The molecule has 2 aromatic carbocycles. The van der Waals surface area contributed by atoms with Gasteiger partial charge >= 0.3 is 0 Å². The van der Waals surface area contributed by atoms with Crippen LogP contribution in [0.5, 0.6) is 5.75 Å². The number of anilines is 2. The fraction of sp³-hybridized carbons (Fsp3) is 0. The molecule has 0 aliphatic rings. The maximum atomic E-state index is 13.3. The summed E-state index contributed by atoms with van der Waals surface area (Å²) < 4.78 is 13.3. The van der Waals surface area contributed by atoms with Gasteiger partial charge in [-0.1, -0.05) is 23.2 Å². The number of hydrogen-bond donors (Lipinski definition) is 3. The SMILES string of the molecule is Nc1ccc(C(=O)Nc2cc(Cl)c(O)c(Cl)c2)cc1F. The molecule has 2 aromatic rings. The molecule has 1 amide bonds. The van der Waals surface area contributed by atoms with Crippen molar-refractivity contribution in [3.8, 4) is 5.75 Å². The van der Waals surface area contributed by atoms with Crippen LogP contribution in [0.4, 0.5) is 15.8 Å². The molecule has 0 bridgehead atoms. The Kier molecular flexibility index (Phi) is 4.01. The number of phenols is 1. The van der Waals surface area contributed by atoms with E-state index in [1.807, 2.05) is 0 Å². The van der Waals surface area contributed by atoms with E-state index in [1.165, 1.54) is 24.3 Å².